The van der Waals surface area contributed by atoms with Gasteiger partial charge in [-0.05, 0) is 87.6 Å². The first kappa shape index (κ1) is 29.8. The highest BCUT2D eigenvalue weighted by Crippen LogP contribution is 2.44. The fraction of sp³-hybridized carbons (Fsp3) is 0. The van der Waals surface area contributed by atoms with Crippen LogP contribution >= 0.6 is 22.7 Å². The van der Waals surface area contributed by atoms with Gasteiger partial charge in [0, 0.05) is 42.8 Å². The number of benzene rings is 8. The van der Waals surface area contributed by atoms with Crippen LogP contribution in [-0.4, -0.2) is 4.98 Å². The topological polar surface area (TPSA) is 16.1 Å². The monoisotopic (exact) mass is 686 g/mol. The maximum atomic E-state index is 5.01. The number of anilines is 3. The molecule has 0 unspecified atom stereocenters. The lowest BCUT2D eigenvalue weighted by atomic mass is 10.0. The highest BCUT2D eigenvalue weighted by Gasteiger charge is 2.16. The Morgan fingerprint density at radius 2 is 1.04 bits per heavy atom. The van der Waals surface area contributed by atoms with Crippen molar-refractivity contribution in [2.45, 2.75) is 0 Å². The molecule has 0 bridgehead atoms. The zero-order valence-corrected chi connectivity index (χ0v) is 29.2. The standard InChI is InChI=1S/C47H30N2S2/c1-3-11-34(12-4-1)47-48-43-30-44-42(29-45(43)51-47)41-17-9-16-40(46(41)50-44)33-22-26-39(27-23-33)49(37-14-5-2-6-15-37)38-24-20-32(21-25-38)36-19-18-31-10-7-8-13-35(31)28-36/h1-30H. The Bertz CT molecular complexity index is 2840. The van der Waals surface area contributed by atoms with Gasteiger partial charge in [-0.3, -0.25) is 0 Å². The molecule has 0 aliphatic rings. The molecule has 2 aromatic heterocycles. The fourth-order valence-corrected chi connectivity index (χ4v) is 9.38. The van der Waals surface area contributed by atoms with Gasteiger partial charge in [-0.25, -0.2) is 4.98 Å². The number of para-hydroxylation sites is 1. The van der Waals surface area contributed by atoms with E-state index in [0.717, 1.165) is 27.6 Å². The van der Waals surface area contributed by atoms with Crippen molar-refractivity contribution in [1.29, 1.82) is 0 Å². The molecule has 10 rings (SSSR count). The van der Waals surface area contributed by atoms with Crippen LogP contribution in [0.2, 0.25) is 0 Å². The van der Waals surface area contributed by atoms with Crippen LogP contribution in [-0.2, 0) is 0 Å². The van der Waals surface area contributed by atoms with Crippen LogP contribution in [0.25, 0.3) is 74.0 Å². The maximum absolute atomic E-state index is 5.01. The van der Waals surface area contributed by atoms with Gasteiger partial charge in [0.1, 0.15) is 5.01 Å². The number of fused-ring (bicyclic) bond motifs is 5. The van der Waals surface area contributed by atoms with Crippen LogP contribution in [0.1, 0.15) is 0 Å². The smallest absolute Gasteiger partial charge is 0.124 e. The first-order valence-electron chi connectivity index (χ1n) is 17.1. The van der Waals surface area contributed by atoms with E-state index in [-0.39, 0.29) is 0 Å². The van der Waals surface area contributed by atoms with Gasteiger partial charge in [0.15, 0.2) is 0 Å². The summed E-state index contributed by atoms with van der Waals surface area (Å²) in [5.74, 6) is 0. The van der Waals surface area contributed by atoms with E-state index in [9.17, 15) is 0 Å². The molecule has 0 atom stereocenters. The molecular weight excluding hydrogens is 657 g/mol. The summed E-state index contributed by atoms with van der Waals surface area (Å²) in [5.41, 5.74) is 10.5. The molecule has 8 aromatic carbocycles. The maximum Gasteiger partial charge on any atom is 0.124 e. The predicted octanol–water partition coefficient (Wildman–Crippen LogP) is 14.3. The van der Waals surface area contributed by atoms with E-state index in [1.165, 1.54) is 63.5 Å². The Balaban J connectivity index is 1.00. The van der Waals surface area contributed by atoms with Gasteiger partial charge in [-0.15, -0.1) is 22.7 Å². The lowest BCUT2D eigenvalue weighted by molar-refractivity contribution is 1.28. The van der Waals surface area contributed by atoms with Crippen molar-refractivity contribution in [3.05, 3.63) is 182 Å². The number of hydrogen-bond donors (Lipinski definition) is 0. The first-order chi connectivity index (χ1) is 25.2. The third-order valence-electron chi connectivity index (χ3n) is 9.69. The number of rotatable bonds is 6. The summed E-state index contributed by atoms with van der Waals surface area (Å²) in [6.45, 7) is 0. The molecule has 0 radical (unpaired) electrons. The second-order valence-corrected chi connectivity index (χ2v) is 14.9. The molecule has 10 aromatic rings. The van der Waals surface area contributed by atoms with Crippen LogP contribution in [0.15, 0.2) is 182 Å². The number of thiophene rings is 1. The Morgan fingerprint density at radius 1 is 0.392 bits per heavy atom. The molecule has 0 fully saturated rings. The second kappa shape index (κ2) is 12.4. The molecule has 0 aliphatic heterocycles. The van der Waals surface area contributed by atoms with E-state index < -0.39 is 0 Å². The van der Waals surface area contributed by atoms with Gasteiger partial charge < -0.3 is 4.90 Å². The van der Waals surface area contributed by atoms with Crippen LogP contribution < -0.4 is 4.90 Å². The van der Waals surface area contributed by atoms with E-state index in [0.29, 0.717) is 0 Å². The largest absolute Gasteiger partial charge is 0.311 e. The number of hydrogen-bond acceptors (Lipinski definition) is 4. The number of thiazole rings is 1. The highest BCUT2D eigenvalue weighted by molar-refractivity contribution is 7.26. The van der Waals surface area contributed by atoms with E-state index in [4.69, 9.17) is 4.98 Å². The fourth-order valence-electron chi connectivity index (χ4n) is 7.14. The predicted molar refractivity (Wildman–Crippen MR) is 221 cm³/mol. The summed E-state index contributed by atoms with van der Waals surface area (Å²) in [5, 5.41) is 6.18. The van der Waals surface area contributed by atoms with E-state index >= 15 is 0 Å². The molecule has 0 saturated carbocycles. The summed E-state index contributed by atoms with van der Waals surface area (Å²) in [7, 11) is 0. The third-order valence-corrected chi connectivity index (χ3v) is 12.0. The van der Waals surface area contributed by atoms with Gasteiger partial charge in [0.25, 0.3) is 0 Å². The van der Waals surface area contributed by atoms with Crippen molar-refractivity contribution in [3.8, 4) is 32.8 Å². The van der Waals surface area contributed by atoms with E-state index in [2.05, 4.69) is 187 Å². The van der Waals surface area contributed by atoms with Crippen molar-refractivity contribution >= 4 is 80.9 Å². The average molecular weight is 687 g/mol. The van der Waals surface area contributed by atoms with E-state index in [1.54, 1.807) is 11.3 Å². The lowest BCUT2D eigenvalue weighted by Gasteiger charge is -2.26. The van der Waals surface area contributed by atoms with Crippen molar-refractivity contribution in [1.82, 2.24) is 4.98 Å². The normalized spacial score (nSPS) is 11.5. The zero-order valence-electron chi connectivity index (χ0n) is 27.5. The van der Waals surface area contributed by atoms with Gasteiger partial charge in [0.05, 0.1) is 10.2 Å². The summed E-state index contributed by atoms with van der Waals surface area (Å²) < 4.78 is 3.81. The zero-order chi connectivity index (χ0) is 33.7. The van der Waals surface area contributed by atoms with Crippen LogP contribution in [0.3, 0.4) is 0 Å². The average Bonchev–Trinajstić information content (AvgIpc) is 3.79. The molecule has 2 heterocycles. The molecular formula is C47H30N2S2. The molecule has 0 aliphatic carbocycles. The van der Waals surface area contributed by atoms with Crippen molar-refractivity contribution in [2.75, 3.05) is 4.90 Å². The Hall–Kier alpha value is -6.07. The van der Waals surface area contributed by atoms with Gasteiger partial charge in [0.2, 0.25) is 0 Å². The Kier molecular flexibility index (Phi) is 7.23. The third kappa shape index (κ3) is 5.37. The molecule has 240 valence electrons. The van der Waals surface area contributed by atoms with Crippen molar-refractivity contribution < 1.29 is 0 Å². The summed E-state index contributed by atoms with van der Waals surface area (Å²) >= 11 is 3.63. The Morgan fingerprint density at radius 3 is 1.80 bits per heavy atom. The number of aromatic nitrogens is 1. The SMILES string of the molecule is c1ccc(-c2nc3cc4sc5c(-c6ccc(N(c7ccccc7)c7ccc(-c8ccc9ccccc9c8)cc7)cc6)cccc5c4cc3s2)cc1. The Labute approximate surface area is 304 Å². The molecule has 0 amide bonds. The minimum Gasteiger partial charge on any atom is -0.311 e. The van der Waals surface area contributed by atoms with Crippen LogP contribution in [0.4, 0.5) is 17.1 Å². The van der Waals surface area contributed by atoms with Gasteiger partial charge in [-0.1, -0.05) is 127 Å². The van der Waals surface area contributed by atoms with Gasteiger partial charge in [-0.2, -0.15) is 0 Å². The second-order valence-electron chi connectivity index (χ2n) is 12.8. The number of nitrogens with zero attached hydrogens (tertiary/aromatic N) is 2. The molecule has 0 N–H and O–H groups in total. The summed E-state index contributed by atoms with van der Waals surface area (Å²) in [4.78, 5) is 7.34. The molecule has 4 heteroatoms. The van der Waals surface area contributed by atoms with Crippen LogP contribution in [0, 0.1) is 0 Å². The summed E-state index contributed by atoms with van der Waals surface area (Å²) in [6, 6.07) is 65.6. The minimum atomic E-state index is 1.06. The molecule has 2 nitrogen and oxygen atoms in total. The highest BCUT2D eigenvalue weighted by atomic mass is 32.1. The molecule has 51 heavy (non-hydrogen) atoms. The quantitative estimate of drug-likeness (QED) is 0.173. The lowest BCUT2D eigenvalue weighted by Crippen LogP contribution is -2.09. The van der Waals surface area contributed by atoms with Crippen LogP contribution in [0.5, 0.6) is 0 Å². The van der Waals surface area contributed by atoms with Crippen molar-refractivity contribution in [3.63, 3.8) is 0 Å². The molecule has 0 spiro atoms. The summed E-state index contributed by atoms with van der Waals surface area (Å²) in [6.07, 6.45) is 0. The van der Waals surface area contributed by atoms with E-state index in [1.807, 2.05) is 11.3 Å². The minimum absolute atomic E-state index is 1.06. The van der Waals surface area contributed by atoms with Gasteiger partial charge >= 0.3 is 0 Å². The first-order valence-corrected chi connectivity index (χ1v) is 18.7. The molecule has 0 saturated heterocycles. The van der Waals surface area contributed by atoms with Crippen molar-refractivity contribution in [2.24, 2.45) is 0 Å².